The van der Waals surface area contributed by atoms with Crippen LogP contribution in [0.3, 0.4) is 0 Å². The van der Waals surface area contributed by atoms with Crippen LogP contribution in [0.15, 0.2) is 28.7 Å². The molecule has 1 aromatic rings. The van der Waals surface area contributed by atoms with Crippen LogP contribution < -0.4 is 10.6 Å². The SMILES string of the molecule is CC1NC(SCc2ccc(Br)cc2)NC(=O)C1CCO. The van der Waals surface area contributed by atoms with Gasteiger partial charge in [0, 0.05) is 22.9 Å². The van der Waals surface area contributed by atoms with E-state index in [9.17, 15) is 4.79 Å². The van der Waals surface area contributed by atoms with Crippen LogP contribution in [0.1, 0.15) is 18.9 Å². The van der Waals surface area contributed by atoms with Crippen molar-refractivity contribution in [3.8, 4) is 0 Å². The Hall–Kier alpha value is -0.560. The molecule has 3 unspecified atom stereocenters. The number of hydrogen-bond acceptors (Lipinski definition) is 4. The summed E-state index contributed by atoms with van der Waals surface area (Å²) in [6.45, 7) is 2.03. The molecule has 1 amide bonds. The van der Waals surface area contributed by atoms with Crippen LogP contribution in [0, 0.1) is 5.92 Å². The first kappa shape index (κ1) is 15.8. The topological polar surface area (TPSA) is 61.4 Å². The molecule has 1 aliphatic heterocycles. The van der Waals surface area contributed by atoms with Gasteiger partial charge < -0.3 is 10.4 Å². The molecule has 1 fully saturated rings. The van der Waals surface area contributed by atoms with Crippen molar-refractivity contribution in [2.45, 2.75) is 30.6 Å². The normalized spacial score (nSPS) is 26.4. The molecule has 1 aromatic carbocycles. The zero-order valence-electron chi connectivity index (χ0n) is 11.3. The van der Waals surface area contributed by atoms with E-state index in [0.29, 0.717) is 6.42 Å². The van der Waals surface area contributed by atoms with Crippen molar-refractivity contribution in [2.24, 2.45) is 5.92 Å². The van der Waals surface area contributed by atoms with Gasteiger partial charge in [0.15, 0.2) is 0 Å². The van der Waals surface area contributed by atoms with E-state index in [1.54, 1.807) is 11.8 Å². The highest BCUT2D eigenvalue weighted by atomic mass is 79.9. The summed E-state index contributed by atoms with van der Waals surface area (Å²) in [5, 5.41) is 15.3. The number of rotatable bonds is 5. The highest BCUT2D eigenvalue weighted by molar-refractivity contribution is 9.10. The first-order valence-corrected chi connectivity index (χ1v) is 8.47. The highest BCUT2D eigenvalue weighted by Crippen LogP contribution is 2.22. The molecule has 0 saturated carbocycles. The second kappa shape index (κ2) is 7.45. The first-order chi connectivity index (χ1) is 9.60. The largest absolute Gasteiger partial charge is 0.396 e. The number of aliphatic hydroxyl groups excluding tert-OH is 1. The van der Waals surface area contributed by atoms with Crippen molar-refractivity contribution in [2.75, 3.05) is 6.61 Å². The van der Waals surface area contributed by atoms with Crippen LogP contribution in [-0.4, -0.2) is 29.2 Å². The summed E-state index contributed by atoms with van der Waals surface area (Å²) in [5.41, 5.74) is 1.15. The van der Waals surface area contributed by atoms with Crippen molar-refractivity contribution in [1.82, 2.24) is 10.6 Å². The maximum Gasteiger partial charge on any atom is 0.226 e. The van der Waals surface area contributed by atoms with Gasteiger partial charge in [0.1, 0.15) is 5.50 Å². The maximum absolute atomic E-state index is 12.0. The second-order valence-corrected chi connectivity index (χ2v) is 6.91. The average molecular weight is 359 g/mol. The van der Waals surface area contributed by atoms with E-state index >= 15 is 0 Å². The van der Waals surface area contributed by atoms with Gasteiger partial charge in [-0.05, 0) is 31.0 Å². The standard InChI is InChI=1S/C14H19BrN2O2S/c1-9-12(6-7-18)13(19)17-14(16-9)20-8-10-2-4-11(15)5-3-10/h2-5,9,12,14,16,18H,6-8H2,1H3,(H,17,19). The molecule has 1 heterocycles. The van der Waals surface area contributed by atoms with E-state index in [1.165, 1.54) is 5.56 Å². The molecule has 3 N–H and O–H groups in total. The molecule has 0 radical (unpaired) electrons. The summed E-state index contributed by atoms with van der Waals surface area (Å²) >= 11 is 5.08. The van der Waals surface area contributed by atoms with Gasteiger partial charge in [-0.3, -0.25) is 10.1 Å². The van der Waals surface area contributed by atoms with E-state index in [1.807, 2.05) is 19.1 Å². The number of hydrogen-bond donors (Lipinski definition) is 3. The lowest BCUT2D eigenvalue weighted by Crippen LogP contribution is -2.59. The van der Waals surface area contributed by atoms with Gasteiger partial charge in [-0.25, -0.2) is 0 Å². The minimum absolute atomic E-state index is 0.0265. The van der Waals surface area contributed by atoms with Gasteiger partial charge in [-0.15, -0.1) is 11.8 Å². The number of carbonyl (C=O) groups excluding carboxylic acids is 1. The third kappa shape index (κ3) is 4.22. The summed E-state index contributed by atoms with van der Waals surface area (Å²) in [6, 6.07) is 8.25. The molecule has 3 atom stereocenters. The van der Waals surface area contributed by atoms with E-state index in [0.717, 1.165) is 10.2 Å². The third-order valence-electron chi connectivity index (χ3n) is 3.40. The van der Waals surface area contributed by atoms with Gasteiger partial charge in [0.25, 0.3) is 0 Å². The van der Waals surface area contributed by atoms with Gasteiger partial charge >= 0.3 is 0 Å². The van der Waals surface area contributed by atoms with Crippen LogP contribution in [0.25, 0.3) is 0 Å². The Labute approximate surface area is 131 Å². The Morgan fingerprint density at radius 3 is 2.65 bits per heavy atom. The van der Waals surface area contributed by atoms with Crippen molar-refractivity contribution >= 4 is 33.6 Å². The lowest BCUT2D eigenvalue weighted by molar-refractivity contribution is -0.128. The summed E-state index contributed by atoms with van der Waals surface area (Å²) in [7, 11) is 0. The Bertz CT molecular complexity index is 455. The fraction of sp³-hybridized carbons (Fsp3) is 0.500. The fourth-order valence-corrected chi connectivity index (χ4v) is 3.56. The van der Waals surface area contributed by atoms with Crippen LogP contribution in [0.2, 0.25) is 0 Å². The molecule has 110 valence electrons. The Morgan fingerprint density at radius 2 is 2.05 bits per heavy atom. The molecule has 1 saturated heterocycles. The molecule has 6 heteroatoms. The number of carbonyl (C=O) groups is 1. The van der Waals surface area contributed by atoms with Crippen LogP contribution in [0.4, 0.5) is 0 Å². The van der Waals surface area contributed by atoms with E-state index in [4.69, 9.17) is 5.11 Å². The quantitative estimate of drug-likeness (QED) is 0.753. The molecule has 0 aliphatic carbocycles. The predicted molar refractivity (Wildman–Crippen MR) is 85.2 cm³/mol. The van der Waals surface area contributed by atoms with E-state index in [-0.39, 0.29) is 30.0 Å². The minimum Gasteiger partial charge on any atom is -0.396 e. The first-order valence-electron chi connectivity index (χ1n) is 6.63. The van der Waals surface area contributed by atoms with Gasteiger partial charge in [0.2, 0.25) is 5.91 Å². The van der Waals surface area contributed by atoms with E-state index < -0.39 is 0 Å². The molecular formula is C14H19BrN2O2S. The van der Waals surface area contributed by atoms with Crippen molar-refractivity contribution in [3.05, 3.63) is 34.3 Å². The Kier molecular flexibility index (Phi) is 5.89. The van der Waals surface area contributed by atoms with Gasteiger partial charge in [-0.1, -0.05) is 28.1 Å². The van der Waals surface area contributed by atoms with Gasteiger partial charge in [-0.2, -0.15) is 0 Å². The van der Waals surface area contributed by atoms with Crippen molar-refractivity contribution in [3.63, 3.8) is 0 Å². The molecule has 20 heavy (non-hydrogen) atoms. The average Bonchev–Trinajstić information content (AvgIpc) is 2.42. The van der Waals surface area contributed by atoms with Gasteiger partial charge in [0.05, 0.1) is 5.92 Å². The van der Waals surface area contributed by atoms with E-state index in [2.05, 4.69) is 38.7 Å². The van der Waals surface area contributed by atoms with Crippen LogP contribution >= 0.6 is 27.7 Å². The fourth-order valence-electron chi connectivity index (χ4n) is 2.23. The molecule has 2 rings (SSSR count). The molecule has 1 aliphatic rings. The van der Waals surface area contributed by atoms with Crippen LogP contribution in [-0.2, 0) is 10.5 Å². The minimum atomic E-state index is -0.149. The second-order valence-electron chi connectivity index (χ2n) is 4.90. The third-order valence-corrected chi connectivity index (χ3v) is 5.01. The summed E-state index contributed by atoms with van der Waals surface area (Å²) in [4.78, 5) is 12.0. The van der Waals surface area contributed by atoms with Crippen molar-refractivity contribution < 1.29 is 9.90 Å². The maximum atomic E-state index is 12.0. The molecule has 0 aromatic heterocycles. The zero-order valence-corrected chi connectivity index (χ0v) is 13.7. The lowest BCUT2D eigenvalue weighted by Gasteiger charge is -2.35. The summed E-state index contributed by atoms with van der Waals surface area (Å²) in [5.74, 6) is 0.714. The Morgan fingerprint density at radius 1 is 1.35 bits per heavy atom. The molecule has 0 spiro atoms. The van der Waals surface area contributed by atoms with Crippen LogP contribution in [0.5, 0.6) is 0 Å². The number of aliphatic hydroxyl groups is 1. The predicted octanol–water partition coefficient (Wildman–Crippen LogP) is 2.07. The number of amides is 1. The number of benzene rings is 1. The summed E-state index contributed by atoms with van der Waals surface area (Å²) < 4.78 is 1.07. The smallest absolute Gasteiger partial charge is 0.226 e. The number of nitrogens with one attached hydrogen (secondary N) is 2. The zero-order chi connectivity index (χ0) is 14.5. The summed E-state index contributed by atoms with van der Waals surface area (Å²) in [6.07, 6.45) is 0.504. The highest BCUT2D eigenvalue weighted by Gasteiger charge is 2.32. The molecule has 0 bridgehead atoms. The van der Waals surface area contributed by atoms with Crippen molar-refractivity contribution in [1.29, 1.82) is 0 Å². The number of halogens is 1. The lowest BCUT2D eigenvalue weighted by atomic mass is 9.95. The molecular weight excluding hydrogens is 340 g/mol. The molecule has 4 nitrogen and oxygen atoms in total. The Balaban J connectivity index is 1.86. The number of thioether (sulfide) groups is 1. The monoisotopic (exact) mass is 358 g/mol.